The topological polar surface area (TPSA) is 34.9 Å². The number of hydrogen-bond donors (Lipinski definition) is 0. The van der Waals surface area contributed by atoms with Gasteiger partial charge in [-0.2, -0.15) is 5.10 Å². The average Bonchev–Trinajstić information content (AvgIpc) is 2.79. The van der Waals surface area contributed by atoms with Crippen molar-refractivity contribution in [1.29, 1.82) is 0 Å². The Kier molecular flexibility index (Phi) is 4.66. The first kappa shape index (κ1) is 14.2. The van der Waals surface area contributed by atoms with Gasteiger partial charge in [0.1, 0.15) is 5.69 Å². The van der Waals surface area contributed by atoms with Gasteiger partial charge in [-0.1, -0.05) is 30.7 Å². The summed E-state index contributed by atoms with van der Waals surface area (Å²) >= 11 is 7.66. The summed E-state index contributed by atoms with van der Waals surface area (Å²) in [5.74, 6) is -0.0686. The zero-order valence-corrected chi connectivity index (χ0v) is 12.5. The van der Waals surface area contributed by atoms with Crippen LogP contribution in [0.4, 0.5) is 0 Å². The summed E-state index contributed by atoms with van der Waals surface area (Å²) in [4.78, 5) is 13.6. The maximum Gasteiger partial charge on any atom is 0.213 e. The maximum atomic E-state index is 12.6. The molecule has 5 heteroatoms. The zero-order valence-electron chi connectivity index (χ0n) is 10.9. The zero-order chi connectivity index (χ0) is 13.8. The van der Waals surface area contributed by atoms with E-state index in [1.54, 1.807) is 16.4 Å². The summed E-state index contributed by atoms with van der Waals surface area (Å²) in [6, 6.07) is 7.55. The second-order valence-corrected chi connectivity index (χ2v) is 5.35. The highest BCUT2D eigenvalue weighted by molar-refractivity contribution is 7.98. The maximum absolute atomic E-state index is 12.6. The molecule has 0 unspecified atom stereocenters. The Balaban J connectivity index is 2.47. The van der Waals surface area contributed by atoms with Gasteiger partial charge in [0.25, 0.3) is 0 Å². The highest BCUT2D eigenvalue weighted by atomic mass is 35.5. The lowest BCUT2D eigenvalue weighted by Crippen LogP contribution is -2.12. The molecule has 0 saturated heterocycles. The van der Waals surface area contributed by atoms with Gasteiger partial charge in [0.15, 0.2) is 0 Å². The molecule has 3 nitrogen and oxygen atoms in total. The molecule has 0 fully saturated rings. The standard InChI is InChI=1S/C14H15ClN2OS/c1-3-8-17-13(11(15)9-16-17)14(18)10-6-4-5-7-12(10)19-2/h4-7,9H,3,8H2,1-2H3. The fourth-order valence-electron chi connectivity index (χ4n) is 1.93. The monoisotopic (exact) mass is 294 g/mol. The smallest absolute Gasteiger partial charge is 0.213 e. The number of aromatic nitrogens is 2. The van der Waals surface area contributed by atoms with Crippen molar-refractivity contribution in [3.63, 3.8) is 0 Å². The van der Waals surface area contributed by atoms with E-state index in [2.05, 4.69) is 5.10 Å². The van der Waals surface area contributed by atoms with E-state index in [1.807, 2.05) is 37.4 Å². The summed E-state index contributed by atoms with van der Waals surface area (Å²) in [6.45, 7) is 2.73. The van der Waals surface area contributed by atoms with Crippen molar-refractivity contribution >= 4 is 29.1 Å². The van der Waals surface area contributed by atoms with Gasteiger partial charge in [-0.25, -0.2) is 0 Å². The molecule has 0 atom stereocenters. The summed E-state index contributed by atoms with van der Waals surface area (Å²) in [6.07, 6.45) is 4.39. The van der Waals surface area contributed by atoms with Crippen molar-refractivity contribution in [2.75, 3.05) is 6.26 Å². The number of carbonyl (C=O) groups excluding carboxylic acids is 1. The molecule has 0 radical (unpaired) electrons. The van der Waals surface area contributed by atoms with Gasteiger partial charge in [-0.05, 0) is 24.8 Å². The van der Waals surface area contributed by atoms with Gasteiger partial charge >= 0.3 is 0 Å². The fraction of sp³-hybridized carbons (Fsp3) is 0.286. The van der Waals surface area contributed by atoms with Crippen molar-refractivity contribution in [2.45, 2.75) is 24.8 Å². The van der Waals surface area contributed by atoms with E-state index in [-0.39, 0.29) is 5.78 Å². The molecule has 1 aromatic heterocycles. The van der Waals surface area contributed by atoms with Crippen LogP contribution >= 0.6 is 23.4 Å². The van der Waals surface area contributed by atoms with Crippen LogP contribution in [0.3, 0.4) is 0 Å². The summed E-state index contributed by atoms with van der Waals surface area (Å²) < 4.78 is 1.68. The molecule has 1 heterocycles. The second kappa shape index (κ2) is 6.26. The molecule has 0 aliphatic heterocycles. The van der Waals surface area contributed by atoms with Gasteiger partial charge in [-0.3, -0.25) is 9.48 Å². The largest absolute Gasteiger partial charge is 0.287 e. The molecular formula is C14H15ClN2OS. The summed E-state index contributed by atoms with van der Waals surface area (Å²) in [5, 5.41) is 4.58. The molecule has 0 N–H and O–H groups in total. The fourth-order valence-corrected chi connectivity index (χ4v) is 2.75. The number of thioether (sulfide) groups is 1. The van der Waals surface area contributed by atoms with Gasteiger partial charge in [-0.15, -0.1) is 11.8 Å². The van der Waals surface area contributed by atoms with E-state index < -0.39 is 0 Å². The quantitative estimate of drug-likeness (QED) is 0.620. The molecule has 0 aliphatic carbocycles. The number of nitrogens with zero attached hydrogens (tertiary/aromatic N) is 2. The third kappa shape index (κ3) is 2.85. The highest BCUT2D eigenvalue weighted by Crippen LogP contribution is 2.25. The van der Waals surface area contributed by atoms with Crippen LogP contribution in [0.5, 0.6) is 0 Å². The summed E-state index contributed by atoms with van der Waals surface area (Å²) in [5.41, 5.74) is 1.15. The lowest BCUT2D eigenvalue weighted by Gasteiger charge is -2.08. The van der Waals surface area contributed by atoms with Crippen molar-refractivity contribution in [3.05, 3.63) is 46.7 Å². The first-order valence-electron chi connectivity index (χ1n) is 6.08. The Hall–Kier alpha value is -1.26. The van der Waals surface area contributed by atoms with Crippen molar-refractivity contribution in [1.82, 2.24) is 9.78 Å². The normalized spacial score (nSPS) is 10.7. The minimum atomic E-state index is -0.0686. The minimum absolute atomic E-state index is 0.0686. The van der Waals surface area contributed by atoms with Crippen LogP contribution in [-0.2, 0) is 6.54 Å². The number of benzene rings is 1. The van der Waals surface area contributed by atoms with E-state index in [1.165, 1.54) is 6.20 Å². The Morgan fingerprint density at radius 3 is 2.84 bits per heavy atom. The van der Waals surface area contributed by atoms with Gasteiger partial charge in [0.05, 0.1) is 11.2 Å². The van der Waals surface area contributed by atoms with Gasteiger partial charge < -0.3 is 0 Å². The molecule has 2 aromatic rings. The molecule has 0 aliphatic rings. The lowest BCUT2D eigenvalue weighted by molar-refractivity contribution is 0.102. The van der Waals surface area contributed by atoms with Gasteiger partial charge in [0.2, 0.25) is 5.78 Å². The van der Waals surface area contributed by atoms with Gasteiger partial charge in [0, 0.05) is 17.0 Å². The third-order valence-electron chi connectivity index (χ3n) is 2.80. The van der Waals surface area contributed by atoms with Crippen LogP contribution in [0.25, 0.3) is 0 Å². The second-order valence-electron chi connectivity index (χ2n) is 4.09. The number of halogens is 1. The van der Waals surface area contributed by atoms with Crippen LogP contribution < -0.4 is 0 Å². The average molecular weight is 295 g/mol. The van der Waals surface area contributed by atoms with Crippen LogP contribution in [0, 0.1) is 0 Å². The molecule has 0 amide bonds. The Bertz CT molecular complexity index is 595. The number of aryl methyl sites for hydroxylation is 1. The van der Waals surface area contributed by atoms with Crippen LogP contribution in [0.15, 0.2) is 35.4 Å². The Morgan fingerprint density at radius 2 is 2.16 bits per heavy atom. The van der Waals surface area contributed by atoms with Crippen LogP contribution in [0.1, 0.15) is 29.4 Å². The molecule has 0 spiro atoms. The molecule has 0 bridgehead atoms. The number of hydrogen-bond acceptors (Lipinski definition) is 3. The lowest BCUT2D eigenvalue weighted by atomic mass is 10.1. The van der Waals surface area contributed by atoms with E-state index in [9.17, 15) is 4.79 Å². The first-order chi connectivity index (χ1) is 9.19. The van der Waals surface area contributed by atoms with Crippen molar-refractivity contribution < 1.29 is 4.79 Å². The molecule has 100 valence electrons. The number of carbonyl (C=O) groups is 1. The third-order valence-corrected chi connectivity index (χ3v) is 3.87. The van der Waals surface area contributed by atoms with E-state index in [0.717, 1.165) is 11.3 Å². The van der Waals surface area contributed by atoms with E-state index in [0.29, 0.717) is 22.8 Å². The van der Waals surface area contributed by atoms with E-state index in [4.69, 9.17) is 11.6 Å². The number of ketones is 1. The molecule has 1 aromatic carbocycles. The minimum Gasteiger partial charge on any atom is -0.287 e. The molecule has 19 heavy (non-hydrogen) atoms. The Labute approximate surface area is 122 Å². The van der Waals surface area contributed by atoms with Crippen LogP contribution in [-0.4, -0.2) is 21.8 Å². The summed E-state index contributed by atoms with van der Waals surface area (Å²) in [7, 11) is 0. The van der Waals surface area contributed by atoms with Crippen molar-refractivity contribution in [2.24, 2.45) is 0 Å². The van der Waals surface area contributed by atoms with E-state index >= 15 is 0 Å². The first-order valence-corrected chi connectivity index (χ1v) is 7.68. The Morgan fingerprint density at radius 1 is 1.42 bits per heavy atom. The van der Waals surface area contributed by atoms with Crippen molar-refractivity contribution in [3.8, 4) is 0 Å². The predicted molar refractivity (Wildman–Crippen MR) is 79.2 cm³/mol. The molecule has 2 rings (SSSR count). The predicted octanol–water partition coefficient (Wildman–Crippen LogP) is 3.90. The SMILES string of the molecule is CCCn1ncc(Cl)c1C(=O)c1ccccc1SC. The highest BCUT2D eigenvalue weighted by Gasteiger charge is 2.20. The van der Waals surface area contributed by atoms with Crippen LogP contribution in [0.2, 0.25) is 5.02 Å². The number of rotatable bonds is 5. The molecule has 0 saturated carbocycles. The molecular weight excluding hydrogens is 280 g/mol.